The summed E-state index contributed by atoms with van der Waals surface area (Å²) < 4.78 is 0. The van der Waals surface area contributed by atoms with Crippen molar-refractivity contribution in [2.45, 2.75) is 57.2 Å². The molecule has 1 amide bonds. The van der Waals surface area contributed by atoms with Crippen LogP contribution in [0.2, 0.25) is 0 Å². The molecular formula is C17H24N2O. The first-order valence-corrected chi connectivity index (χ1v) is 7.83. The molecule has 3 heteroatoms. The van der Waals surface area contributed by atoms with Gasteiger partial charge in [-0.05, 0) is 37.2 Å². The molecule has 0 saturated heterocycles. The summed E-state index contributed by atoms with van der Waals surface area (Å²) in [6, 6.07) is 11.0. The van der Waals surface area contributed by atoms with E-state index in [0.29, 0.717) is 24.3 Å². The average Bonchev–Trinajstić information content (AvgIpc) is 3.22. The zero-order valence-corrected chi connectivity index (χ0v) is 12.0. The van der Waals surface area contributed by atoms with Gasteiger partial charge in [0.15, 0.2) is 0 Å². The summed E-state index contributed by atoms with van der Waals surface area (Å²) in [7, 11) is 0. The van der Waals surface area contributed by atoms with Crippen LogP contribution in [-0.4, -0.2) is 22.9 Å². The van der Waals surface area contributed by atoms with Crippen molar-refractivity contribution in [1.82, 2.24) is 4.90 Å². The summed E-state index contributed by atoms with van der Waals surface area (Å²) in [4.78, 5) is 14.7. The van der Waals surface area contributed by atoms with Crippen molar-refractivity contribution in [3.8, 4) is 0 Å². The second-order valence-corrected chi connectivity index (χ2v) is 6.30. The van der Waals surface area contributed by atoms with Crippen molar-refractivity contribution < 1.29 is 4.79 Å². The fourth-order valence-electron chi connectivity index (χ4n) is 3.25. The predicted molar refractivity (Wildman–Crippen MR) is 79.9 cm³/mol. The molecule has 0 heterocycles. The van der Waals surface area contributed by atoms with E-state index in [-0.39, 0.29) is 6.04 Å². The fraction of sp³-hybridized carbons (Fsp3) is 0.588. The molecule has 0 spiro atoms. The third-order valence-electron chi connectivity index (χ3n) is 4.66. The van der Waals surface area contributed by atoms with Gasteiger partial charge in [-0.2, -0.15) is 0 Å². The van der Waals surface area contributed by atoms with E-state index < -0.39 is 0 Å². The maximum Gasteiger partial charge on any atom is 0.223 e. The van der Waals surface area contributed by atoms with E-state index in [2.05, 4.69) is 17.0 Å². The van der Waals surface area contributed by atoms with Crippen LogP contribution in [-0.2, 0) is 11.3 Å². The van der Waals surface area contributed by atoms with Gasteiger partial charge in [0.1, 0.15) is 0 Å². The van der Waals surface area contributed by atoms with Crippen LogP contribution < -0.4 is 5.73 Å². The van der Waals surface area contributed by atoms with Crippen LogP contribution in [0.4, 0.5) is 0 Å². The second kappa shape index (κ2) is 5.96. The van der Waals surface area contributed by atoms with Crippen molar-refractivity contribution in [2.75, 3.05) is 0 Å². The number of nitrogens with zero attached hydrogens (tertiary/aromatic N) is 1. The van der Waals surface area contributed by atoms with Gasteiger partial charge in [0, 0.05) is 25.0 Å². The van der Waals surface area contributed by atoms with Crippen LogP contribution in [0.5, 0.6) is 0 Å². The minimum atomic E-state index is 0.233. The summed E-state index contributed by atoms with van der Waals surface area (Å²) in [6.07, 6.45) is 6.35. The van der Waals surface area contributed by atoms with E-state index in [1.807, 2.05) is 18.2 Å². The monoisotopic (exact) mass is 272 g/mol. The summed E-state index contributed by atoms with van der Waals surface area (Å²) >= 11 is 0. The molecule has 20 heavy (non-hydrogen) atoms. The van der Waals surface area contributed by atoms with E-state index in [9.17, 15) is 4.79 Å². The van der Waals surface area contributed by atoms with Gasteiger partial charge in [0.25, 0.3) is 0 Å². The average molecular weight is 272 g/mol. The number of nitrogens with two attached hydrogens (primary N) is 1. The Hall–Kier alpha value is -1.35. The molecule has 0 unspecified atom stereocenters. The minimum absolute atomic E-state index is 0.233. The molecule has 2 aliphatic carbocycles. The highest BCUT2D eigenvalue weighted by Crippen LogP contribution is 2.32. The number of hydrogen-bond donors (Lipinski definition) is 1. The molecule has 2 atom stereocenters. The second-order valence-electron chi connectivity index (χ2n) is 6.30. The first kappa shape index (κ1) is 13.6. The first-order valence-electron chi connectivity index (χ1n) is 7.83. The number of carbonyl (C=O) groups is 1. The lowest BCUT2D eigenvalue weighted by Gasteiger charge is -2.25. The first-order chi connectivity index (χ1) is 9.74. The molecule has 0 bridgehead atoms. The molecule has 2 saturated carbocycles. The largest absolute Gasteiger partial charge is 0.335 e. The zero-order chi connectivity index (χ0) is 13.9. The van der Waals surface area contributed by atoms with Crippen molar-refractivity contribution >= 4 is 5.91 Å². The molecule has 0 radical (unpaired) electrons. The zero-order valence-electron chi connectivity index (χ0n) is 12.0. The minimum Gasteiger partial charge on any atom is -0.335 e. The number of rotatable bonds is 5. The molecule has 2 fully saturated rings. The van der Waals surface area contributed by atoms with Gasteiger partial charge in [-0.15, -0.1) is 0 Å². The van der Waals surface area contributed by atoms with Gasteiger partial charge in [-0.1, -0.05) is 36.8 Å². The Morgan fingerprint density at radius 1 is 1.15 bits per heavy atom. The van der Waals surface area contributed by atoms with Crippen LogP contribution in [0.3, 0.4) is 0 Å². The molecule has 2 aliphatic rings. The lowest BCUT2D eigenvalue weighted by molar-refractivity contribution is -0.133. The van der Waals surface area contributed by atoms with E-state index in [4.69, 9.17) is 5.73 Å². The third-order valence-corrected chi connectivity index (χ3v) is 4.66. The summed E-state index contributed by atoms with van der Waals surface area (Å²) in [5.74, 6) is 0.707. The van der Waals surface area contributed by atoms with E-state index in [0.717, 1.165) is 32.2 Å². The maximum absolute atomic E-state index is 12.6. The van der Waals surface area contributed by atoms with Crippen LogP contribution in [0.25, 0.3) is 0 Å². The van der Waals surface area contributed by atoms with Crippen LogP contribution >= 0.6 is 0 Å². The number of carbonyl (C=O) groups excluding carboxylic acids is 1. The SMILES string of the molecule is N[C@@H]1CCC[C@H]1CC(=O)N(Cc1ccccc1)C1CC1. The molecule has 3 rings (SSSR count). The Balaban J connectivity index is 1.63. The highest BCUT2D eigenvalue weighted by atomic mass is 16.2. The maximum atomic E-state index is 12.6. The Morgan fingerprint density at radius 2 is 1.90 bits per heavy atom. The Labute approximate surface area is 121 Å². The van der Waals surface area contributed by atoms with Gasteiger partial charge in [0.05, 0.1) is 0 Å². The number of hydrogen-bond acceptors (Lipinski definition) is 2. The van der Waals surface area contributed by atoms with E-state index >= 15 is 0 Å². The lowest BCUT2D eigenvalue weighted by atomic mass is 9.99. The molecule has 0 aromatic heterocycles. The van der Waals surface area contributed by atoms with Gasteiger partial charge in [-0.3, -0.25) is 4.79 Å². The van der Waals surface area contributed by atoms with Crippen molar-refractivity contribution in [2.24, 2.45) is 11.7 Å². The normalized spacial score (nSPS) is 25.6. The molecular weight excluding hydrogens is 248 g/mol. The standard InChI is InChI=1S/C17H24N2O/c18-16-8-4-7-14(16)11-17(20)19(15-9-10-15)12-13-5-2-1-3-6-13/h1-3,5-6,14-16H,4,7-12,18H2/t14-,16+/m0/s1. The topological polar surface area (TPSA) is 46.3 Å². The van der Waals surface area contributed by atoms with Crippen molar-refractivity contribution in [3.05, 3.63) is 35.9 Å². The molecule has 3 nitrogen and oxygen atoms in total. The molecule has 0 aliphatic heterocycles. The number of benzene rings is 1. The summed E-state index contributed by atoms with van der Waals surface area (Å²) in [6.45, 7) is 0.756. The van der Waals surface area contributed by atoms with E-state index in [1.165, 1.54) is 12.0 Å². The third kappa shape index (κ3) is 3.21. The summed E-state index contributed by atoms with van der Waals surface area (Å²) in [5, 5.41) is 0. The Kier molecular flexibility index (Phi) is 4.06. The Bertz CT molecular complexity index is 455. The lowest BCUT2D eigenvalue weighted by Crippen LogP contribution is -2.36. The van der Waals surface area contributed by atoms with Gasteiger partial charge in [0.2, 0.25) is 5.91 Å². The molecule has 1 aromatic rings. The van der Waals surface area contributed by atoms with Crippen molar-refractivity contribution in [3.63, 3.8) is 0 Å². The van der Waals surface area contributed by atoms with E-state index in [1.54, 1.807) is 0 Å². The highest BCUT2D eigenvalue weighted by molar-refractivity contribution is 5.77. The van der Waals surface area contributed by atoms with Crippen LogP contribution in [0.1, 0.15) is 44.1 Å². The Morgan fingerprint density at radius 3 is 2.50 bits per heavy atom. The van der Waals surface area contributed by atoms with Gasteiger partial charge in [-0.25, -0.2) is 0 Å². The predicted octanol–water partition coefficient (Wildman–Crippen LogP) is 2.70. The molecule has 2 N–H and O–H groups in total. The number of amides is 1. The quantitative estimate of drug-likeness (QED) is 0.895. The van der Waals surface area contributed by atoms with Gasteiger partial charge >= 0.3 is 0 Å². The highest BCUT2D eigenvalue weighted by Gasteiger charge is 2.35. The van der Waals surface area contributed by atoms with Crippen molar-refractivity contribution in [1.29, 1.82) is 0 Å². The summed E-state index contributed by atoms with van der Waals surface area (Å²) in [5.41, 5.74) is 7.33. The van der Waals surface area contributed by atoms with Gasteiger partial charge < -0.3 is 10.6 Å². The van der Waals surface area contributed by atoms with Crippen LogP contribution in [0, 0.1) is 5.92 Å². The molecule has 108 valence electrons. The van der Waals surface area contributed by atoms with Crippen LogP contribution in [0.15, 0.2) is 30.3 Å². The molecule has 1 aromatic carbocycles. The fourth-order valence-corrected chi connectivity index (χ4v) is 3.25. The smallest absolute Gasteiger partial charge is 0.223 e.